The van der Waals surface area contributed by atoms with Gasteiger partial charge in [0.05, 0.1) is 23.8 Å². The quantitative estimate of drug-likeness (QED) is 0.799. The summed E-state index contributed by atoms with van der Waals surface area (Å²) in [6, 6.07) is 4.81. The van der Waals surface area contributed by atoms with E-state index in [4.69, 9.17) is 4.74 Å². The Morgan fingerprint density at radius 2 is 1.96 bits per heavy atom. The lowest BCUT2D eigenvalue weighted by molar-refractivity contribution is 0.206. The summed E-state index contributed by atoms with van der Waals surface area (Å²) in [6.45, 7) is 0.554. The third-order valence-electron chi connectivity index (χ3n) is 3.90. The molecule has 134 valence electrons. The lowest BCUT2D eigenvalue weighted by Gasteiger charge is -2.17. The molecule has 0 amide bonds. The molecule has 1 aromatic heterocycles. The second-order valence-electron chi connectivity index (χ2n) is 5.96. The minimum Gasteiger partial charge on any atom is -0.472 e. The van der Waals surface area contributed by atoms with E-state index in [9.17, 15) is 12.8 Å². The van der Waals surface area contributed by atoms with E-state index < -0.39 is 15.8 Å². The monoisotopic (exact) mass is 366 g/mol. The number of anilines is 1. The molecule has 0 bridgehead atoms. The van der Waals surface area contributed by atoms with Gasteiger partial charge in [-0.25, -0.2) is 12.8 Å². The van der Waals surface area contributed by atoms with E-state index in [0.717, 1.165) is 12.1 Å². The Morgan fingerprint density at radius 3 is 2.64 bits per heavy atom. The van der Waals surface area contributed by atoms with Crippen molar-refractivity contribution in [3.63, 3.8) is 0 Å². The van der Waals surface area contributed by atoms with E-state index in [-0.39, 0.29) is 17.5 Å². The Labute approximate surface area is 146 Å². The molecule has 7 nitrogen and oxygen atoms in total. The summed E-state index contributed by atoms with van der Waals surface area (Å²) >= 11 is 0. The predicted molar refractivity (Wildman–Crippen MR) is 90.6 cm³/mol. The summed E-state index contributed by atoms with van der Waals surface area (Å²) < 4.78 is 45.3. The molecule has 0 N–H and O–H groups in total. The zero-order valence-electron chi connectivity index (χ0n) is 14.0. The molecular weight excluding hydrogens is 347 g/mol. The first-order valence-corrected chi connectivity index (χ1v) is 9.22. The maximum Gasteiger partial charge on any atom is 0.243 e. The van der Waals surface area contributed by atoms with Crippen molar-refractivity contribution in [1.29, 1.82) is 0 Å². The molecule has 0 saturated carbocycles. The van der Waals surface area contributed by atoms with Crippen LogP contribution in [-0.2, 0) is 10.0 Å². The number of hydrogen-bond acceptors (Lipinski definition) is 6. The van der Waals surface area contributed by atoms with Crippen LogP contribution in [0.2, 0.25) is 0 Å². The molecule has 1 aromatic carbocycles. The van der Waals surface area contributed by atoms with Gasteiger partial charge in [0, 0.05) is 20.6 Å². The van der Waals surface area contributed by atoms with Gasteiger partial charge in [0.25, 0.3) is 0 Å². The van der Waals surface area contributed by atoms with E-state index in [1.54, 1.807) is 11.1 Å². The van der Waals surface area contributed by atoms with Crippen molar-refractivity contribution in [1.82, 2.24) is 14.3 Å². The van der Waals surface area contributed by atoms with E-state index in [1.165, 1.54) is 22.6 Å². The fourth-order valence-corrected chi connectivity index (χ4v) is 4.04. The van der Waals surface area contributed by atoms with Crippen molar-refractivity contribution in [2.45, 2.75) is 17.4 Å². The van der Waals surface area contributed by atoms with Crippen molar-refractivity contribution >= 4 is 15.8 Å². The van der Waals surface area contributed by atoms with Gasteiger partial charge in [-0.2, -0.15) is 9.29 Å². The highest BCUT2D eigenvalue weighted by Gasteiger charge is 2.33. The second kappa shape index (κ2) is 6.93. The van der Waals surface area contributed by atoms with Crippen LogP contribution in [0.4, 0.5) is 10.2 Å². The minimum atomic E-state index is -3.66. The average Bonchev–Trinajstić information content (AvgIpc) is 3.05. The zero-order chi connectivity index (χ0) is 18.0. The number of halogens is 1. The Morgan fingerprint density at radius 1 is 1.24 bits per heavy atom. The minimum absolute atomic E-state index is 0.0731. The SMILES string of the molecule is CN(C)c1cncc(OC2CCN(S(=O)(=O)c3ccc(F)cc3)C2)n1. The van der Waals surface area contributed by atoms with Crippen LogP contribution >= 0.6 is 0 Å². The molecule has 1 atom stereocenters. The molecule has 2 heterocycles. The number of sulfonamides is 1. The predicted octanol–water partition coefficient (Wildman–Crippen LogP) is 1.52. The molecule has 0 spiro atoms. The number of benzene rings is 1. The molecule has 1 unspecified atom stereocenters. The first kappa shape index (κ1) is 17.6. The molecule has 0 radical (unpaired) electrons. The molecular formula is C16H19FN4O3S. The van der Waals surface area contributed by atoms with E-state index >= 15 is 0 Å². The van der Waals surface area contributed by atoms with Gasteiger partial charge in [-0.15, -0.1) is 0 Å². The van der Waals surface area contributed by atoms with Crippen molar-refractivity contribution in [3.05, 3.63) is 42.5 Å². The number of nitrogens with zero attached hydrogens (tertiary/aromatic N) is 4. The summed E-state index contributed by atoms with van der Waals surface area (Å²) in [6.07, 6.45) is 3.37. The summed E-state index contributed by atoms with van der Waals surface area (Å²) in [5.41, 5.74) is 0. The Kier molecular flexibility index (Phi) is 4.87. The number of ether oxygens (including phenoxy) is 1. The zero-order valence-corrected chi connectivity index (χ0v) is 14.8. The third-order valence-corrected chi connectivity index (χ3v) is 5.78. The van der Waals surface area contributed by atoms with Gasteiger partial charge in [-0.05, 0) is 30.7 Å². The lowest BCUT2D eigenvalue weighted by atomic mass is 10.3. The summed E-state index contributed by atoms with van der Waals surface area (Å²) in [5.74, 6) is 0.546. The maximum absolute atomic E-state index is 13.0. The summed E-state index contributed by atoms with van der Waals surface area (Å²) in [7, 11) is 0.0353. The van der Waals surface area contributed by atoms with Crippen molar-refractivity contribution in [3.8, 4) is 5.88 Å². The van der Waals surface area contributed by atoms with Gasteiger partial charge in [0.15, 0.2) is 5.82 Å². The molecule has 1 aliphatic heterocycles. The van der Waals surface area contributed by atoms with Crippen LogP contribution in [0, 0.1) is 5.82 Å². The fraction of sp³-hybridized carbons (Fsp3) is 0.375. The normalized spacial score (nSPS) is 18.3. The summed E-state index contributed by atoms with van der Waals surface area (Å²) in [4.78, 5) is 10.3. The Hall–Kier alpha value is -2.26. The maximum atomic E-state index is 13.0. The fourth-order valence-electron chi connectivity index (χ4n) is 2.55. The van der Waals surface area contributed by atoms with Crippen LogP contribution in [0.5, 0.6) is 5.88 Å². The molecule has 2 aromatic rings. The van der Waals surface area contributed by atoms with Crippen LogP contribution in [0.1, 0.15) is 6.42 Å². The van der Waals surface area contributed by atoms with Crippen molar-refractivity contribution < 1.29 is 17.5 Å². The van der Waals surface area contributed by atoms with Crippen molar-refractivity contribution in [2.75, 3.05) is 32.1 Å². The highest BCUT2D eigenvalue weighted by atomic mass is 32.2. The molecule has 1 fully saturated rings. The number of rotatable bonds is 5. The van der Waals surface area contributed by atoms with Crippen molar-refractivity contribution in [2.24, 2.45) is 0 Å². The smallest absolute Gasteiger partial charge is 0.243 e. The van der Waals surface area contributed by atoms with Crippen LogP contribution in [0.15, 0.2) is 41.6 Å². The van der Waals surface area contributed by atoms with Crippen LogP contribution in [0.25, 0.3) is 0 Å². The van der Waals surface area contributed by atoms with Crippen LogP contribution < -0.4 is 9.64 Å². The molecule has 1 saturated heterocycles. The van der Waals surface area contributed by atoms with Crippen LogP contribution in [-0.4, -0.2) is 56.0 Å². The van der Waals surface area contributed by atoms with E-state index in [1.807, 2.05) is 14.1 Å². The molecule has 1 aliphatic rings. The first-order chi connectivity index (χ1) is 11.9. The van der Waals surface area contributed by atoms with E-state index in [2.05, 4.69) is 9.97 Å². The topological polar surface area (TPSA) is 75.6 Å². The van der Waals surface area contributed by atoms with Gasteiger partial charge in [0.2, 0.25) is 15.9 Å². The largest absolute Gasteiger partial charge is 0.472 e. The van der Waals surface area contributed by atoms with Gasteiger partial charge in [-0.1, -0.05) is 0 Å². The molecule has 25 heavy (non-hydrogen) atoms. The molecule has 3 rings (SSSR count). The van der Waals surface area contributed by atoms with Gasteiger partial charge < -0.3 is 9.64 Å². The standard InChI is InChI=1S/C16H19FN4O3S/c1-20(2)15-9-18-10-16(19-15)24-13-7-8-21(11-13)25(22,23)14-5-3-12(17)4-6-14/h3-6,9-10,13H,7-8,11H2,1-2H3. The Balaban J connectivity index is 1.69. The average molecular weight is 366 g/mol. The number of hydrogen-bond donors (Lipinski definition) is 0. The van der Waals surface area contributed by atoms with Gasteiger partial charge in [0.1, 0.15) is 11.9 Å². The number of aromatic nitrogens is 2. The van der Waals surface area contributed by atoms with E-state index in [0.29, 0.717) is 24.7 Å². The Bertz CT molecular complexity index is 843. The van der Waals surface area contributed by atoms with Gasteiger partial charge in [-0.3, -0.25) is 4.98 Å². The summed E-state index contributed by atoms with van der Waals surface area (Å²) in [5, 5.41) is 0. The highest BCUT2D eigenvalue weighted by molar-refractivity contribution is 7.89. The molecule has 0 aliphatic carbocycles. The van der Waals surface area contributed by atoms with Gasteiger partial charge >= 0.3 is 0 Å². The second-order valence-corrected chi connectivity index (χ2v) is 7.89. The highest BCUT2D eigenvalue weighted by Crippen LogP contribution is 2.24. The molecule has 9 heteroatoms. The first-order valence-electron chi connectivity index (χ1n) is 7.78. The lowest BCUT2D eigenvalue weighted by Crippen LogP contribution is -2.31. The third kappa shape index (κ3) is 3.88. The van der Waals surface area contributed by atoms with Crippen LogP contribution in [0.3, 0.4) is 0 Å².